The summed E-state index contributed by atoms with van der Waals surface area (Å²) in [6, 6.07) is 15.8. The lowest BCUT2D eigenvalue weighted by Crippen LogP contribution is -2.31. The van der Waals surface area contributed by atoms with Crippen LogP contribution >= 0.6 is 11.8 Å². The van der Waals surface area contributed by atoms with Gasteiger partial charge in [-0.2, -0.15) is 5.10 Å². The monoisotopic (exact) mass is 355 g/mol. The van der Waals surface area contributed by atoms with E-state index in [1.54, 1.807) is 23.2 Å². The van der Waals surface area contributed by atoms with Crippen LogP contribution in [0.5, 0.6) is 0 Å². The Balaban J connectivity index is 1.79. The molecule has 1 fully saturated rings. The van der Waals surface area contributed by atoms with E-state index in [-0.39, 0.29) is 17.0 Å². The minimum Gasteiger partial charge on any atom is -0.284 e. The molecule has 1 aliphatic rings. The van der Waals surface area contributed by atoms with E-state index in [0.29, 0.717) is 11.7 Å². The number of hydrogen-bond donors (Lipinski definition) is 0. The van der Waals surface area contributed by atoms with Crippen molar-refractivity contribution in [1.82, 2.24) is 4.90 Å². The highest BCUT2D eigenvalue weighted by Gasteiger charge is 2.36. The fraction of sp³-hybridized carbons (Fsp3) is 0.211. The molecule has 0 spiro atoms. The Morgan fingerprint density at radius 1 is 1.16 bits per heavy atom. The first-order valence-electron chi connectivity index (χ1n) is 8.06. The van der Waals surface area contributed by atoms with E-state index in [4.69, 9.17) is 0 Å². The molecule has 1 saturated heterocycles. The summed E-state index contributed by atoms with van der Waals surface area (Å²) in [4.78, 5) is 14.2. The summed E-state index contributed by atoms with van der Waals surface area (Å²) < 4.78 is 13.1. The maximum atomic E-state index is 13.1. The molecule has 2 aromatic carbocycles. The number of carbonyl (C=O) groups is 1. The molecule has 128 valence electrons. The average molecular weight is 355 g/mol. The predicted octanol–water partition coefficient (Wildman–Crippen LogP) is 4.07. The second-order valence-electron chi connectivity index (χ2n) is 5.60. The molecule has 0 aliphatic carbocycles. The number of amides is 1. The molecule has 6 heteroatoms. The van der Waals surface area contributed by atoms with E-state index < -0.39 is 0 Å². The zero-order valence-electron chi connectivity index (χ0n) is 13.8. The molecular weight excluding hydrogens is 337 g/mol. The Labute approximate surface area is 150 Å². The Bertz CT molecular complexity index is 790. The normalized spacial score (nSPS) is 19.3. The van der Waals surface area contributed by atoms with Crippen LogP contribution < -0.4 is 0 Å². The third-order valence-corrected chi connectivity index (χ3v) is 5.13. The molecule has 1 atom stereocenters. The predicted molar refractivity (Wildman–Crippen MR) is 100 cm³/mol. The van der Waals surface area contributed by atoms with Gasteiger partial charge < -0.3 is 0 Å². The fourth-order valence-corrected chi connectivity index (χ4v) is 3.47. The lowest BCUT2D eigenvalue weighted by atomic mass is 10.2. The van der Waals surface area contributed by atoms with Crippen molar-refractivity contribution in [2.45, 2.75) is 25.1 Å². The van der Waals surface area contributed by atoms with Gasteiger partial charge in [-0.25, -0.2) is 4.39 Å². The number of rotatable bonds is 5. The number of benzene rings is 2. The van der Waals surface area contributed by atoms with E-state index >= 15 is 0 Å². The van der Waals surface area contributed by atoms with Crippen LogP contribution in [0, 0.1) is 5.82 Å². The van der Waals surface area contributed by atoms with Gasteiger partial charge in [-0.3, -0.25) is 9.69 Å². The molecule has 0 N–H and O–H groups in total. The third kappa shape index (κ3) is 4.33. The van der Waals surface area contributed by atoms with Gasteiger partial charge in [0.05, 0.1) is 18.0 Å². The van der Waals surface area contributed by atoms with Crippen LogP contribution in [0.4, 0.5) is 4.39 Å². The number of thioether (sulfide) groups is 1. The summed E-state index contributed by atoms with van der Waals surface area (Å²) in [7, 11) is 0. The van der Waals surface area contributed by atoms with Crippen molar-refractivity contribution in [1.29, 1.82) is 0 Å². The first-order chi connectivity index (χ1) is 12.2. The summed E-state index contributed by atoms with van der Waals surface area (Å²) in [6.45, 7) is 2.34. The number of carbonyl (C=O) groups excluding carboxylic acids is 1. The first-order valence-corrected chi connectivity index (χ1v) is 8.94. The van der Waals surface area contributed by atoms with Crippen LogP contribution in [0.1, 0.15) is 24.5 Å². The van der Waals surface area contributed by atoms with Gasteiger partial charge in [0.1, 0.15) is 5.82 Å². The molecule has 25 heavy (non-hydrogen) atoms. The molecular formula is C19H18FN3OS. The topological polar surface area (TPSA) is 45.0 Å². The Morgan fingerprint density at radius 3 is 2.56 bits per heavy atom. The summed E-state index contributed by atoms with van der Waals surface area (Å²) in [6.07, 6.45) is 2.39. The molecule has 4 nitrogen and oxygen atoms in total. The molecule has 0 radical (unpaired) electrons. The highest BCUT2D eigenvalue weighted by molar-refractivity contribution is 8.15. The molecule has 3 rings (SSSR count). The maximum absolute atomic E-state index is 13.1. The van der Waals surface area contributed by atoms with E-state index in [9.17, 15) is 9.18 Å². The van der Waals surface area contributed by atoms with Crippen molar-refractivity contribution < 1.29 is 9.18 Å². The van der Waals surface area contributed by atoms with Gasteiger partial charge in [0.2, 0.25) is 5.91 Å². The molecule has 0 aromatic heterocycles. The van der Waals surface area contributed by atoms with Crippen LogP contribution in [0.3, 0.4) is 0 Å². The van der Waals surface area contributed by atoms with Crippen molar-refractivity contribution in [3.63, 3.8) is 0 Å². The van der Waals surface area contributed by atoms with Crippen molar-refractivity contribution in [3.05, 3.63) is 71.5 Å². The molecule has 1 heterocycles. The quantitative estimate of drug-likeness (QED) is 0.599. The summed E-state index contributed by atoms with van der Waals surface area (Å²) in [5.41, 5.74) is 1.80. The Kier molecular flexibility index (Phi) is 5.60. The molecule has 0 unspecified atom stereocenters. The van der Waals surface area contributed by atoms with Gasteiger partial charge in [-0.15, -0.1) is 5.10 Å². The highest BCUT2D eigenvalue weighted by atomic mass is 32.2. The SMILES string of the molecule is CC[C@H]1S/C(=N/N=C\c2ccccc2)N(Cc2ccc(F)cc2)C1=O. The van der Waals surface area contributed by atoms with Gasteiger partial charge in [0.25, 0.3) is 0 Å². The van der Waals surface area contributed by atoms with E-state index in [0.717, 1.165) is 17.5 Å². The minimum atomic E-state index is -0.293. The summed E-state index contributed by atoms with van der Waals surface area (Å²) in [5.74, 6) is -0.274. The van der Waals surface area contributed by atoms with Crippen LogP contribution in [0.15, 0.2) is 64.8 Å². The number of halogens is 1. The lowest BCUT2D eigenvalue weighted by molar-refractivity contribution is -0.126. The maximum Gasteiger partial charge on any atom is 0.242 e. The summed E-state index contributed by atoms with van der Waals surface area (Å²) >= 11 is 1.42. The first kappa shape index (κ1) is 17.4. The van der Waals surface area contributed by atoms with Crippen LogP contribution in [0.25, 0.3) is 0 Å². The largest absolute Gasteiger partial charge is 0.284 e. The van der Waals surface area contributed by atoms with Crippen LogP contribution in [-0.4, -0.2) is 27.4 Å². The molecule has 0 bridgehead atoms. The molecule has 1 aliphatic heterocycles. The minimum absolute atomic E-state index is 0.0190. The zero-order chi connectivity index (χ0) is 17.6. The Hall–Kier alpha value is -2.47. The standard InChI is InChI=1S/C19H18FN3OS/c1-2-17-18(24)23(13-15-8-10-16(20)11-9-15)19(25-17)22-21-12-14-6-4-3-5-7-14/h3-12,17H,2,13H2,1H3/b21-12-,22-19+/t17-/m1/s1. The van der Waals surface area contributed by atoms with Crippen molar-refractivity contribution in [3.8, 4) is 0 Å². The average Bonchev–Trinajstić information content (AvgIpc) is 2.93. The third-order valence-electron chi connectivity index (χ3n) is 3.79. The number of nitrogens with zero attached hydrogens (tertiary/aromatic N) is 3. The van der Waals surface area contributed by atoms with E-state index in [1.165, 1.54) is 23.9 Å². The molecule has 2 aromatic rings. The van der Waals surface area contributed by atoms with Crippen molar-refractivity contribution in [2.24, 2.45) is 10.2 Å². The van der Waals surface area contributed by atoms with Gasteiger partial charge in [-0.05, 0) is 29.7 Å². The molecule has 0 saturated carbocycles. The number of hydrogen-bond acceptors (Lipinski definition) is 4. The van der Waals surface area contributed by atoms with Crippen LogP contribution in [0.2, 0.25) is 0 Å². The second-order valence-corrected chi connectivity index (χ2v) is 6.77. The van der Waals surface area contributed by atoms with Crippen molar-refractivity contribution >= 4 is 29.1 Å². The van der Waals surface area contributed by atoms with Gasteiger partial charge in [0, 0.05) is 0 Å². The number of amidine groups is 1. The Morgan fingerprint density at radius 2 is 1.88 bits per heavy atom. The van der Waals surface area contributed by atoms with Gasteiger partial charge in [0.15, 0.2) is 5.17 Å². The fourth-order valence-electron chi connectivity index (χ4n) is 2.45. The van der Waals surface area contributed by atoms with Gasteiger partial charge >= 0.3 is 0 Å². The molecule has 1 amide bonds. The summed E-state index contributed by atoms with van der Waals surface area (Å²) in [5, 5.41) is 8.79. The van der Waals surface area contributed by atoms with E-state index in [2.05, 4.69) is 10.2 Å². The lowest BCUT2D eigenvalue weighted by Gasteiger charge is -2.15. The van der Waals surface area contributed by atoms with Crippen LogP contribution in [-0.2, 0) is 11.3 Å². The highest BCUT2D eigenvalue weighted by Crippen LogP contribution is 2.30. The smallest absolute Gasteiger partial charge is 0.242 e. The van der Waals surface area contributed by atoms with E-state index in [1.807, 2.05) is 37.3 Å². The second kappa shape index (κ2) is 8.07. The van der Waals surface area contributed by atoms with Gasteiger partial charge in [-0.1, -0.05) is 61.2 Å². The van der Waals surface area contributed by atoms with Crippen molar-refractivity contribution in [2.75, 3.05) is 0 Å². The zero-order valence-corrected chi connectivity index (χ0v) is 14.6.